The third-order valence-electron chi connectivity index (χ3n) is 4.49. The fourth-order valence-corrected chi connectivity index (χ4v) is 3.92. The van der Waals surface area contributed by atoms with Gasteiger partial charge in [0.05, 0.1) is 11.9 Å². The molecule has 3 rings (SSSR count). The molecule has 3 N–H and O–H groups in total. The highest BCUT2D eigenvalue weighted by molar-refractivity contribution is 7.52. The summed E-state index contributed by atoms with van der Waals surface area (Å²) in [6.07, 6.45) is 4.54. The number of aryl methyl sites for hydroxylation is 1. The Balaban J connectivity index is 1.72. The Labute approximate surface area is 178 Å². The third kappa shape index (κ3) is 5.53. The number of ether oxygens (including phenoxy) is 1. The van der Waals surface area contributed by atoms with Gasteiger partial charge in [0.1, 0.15) is 5.82 Å². The summed E-state index contributed by atoms with van der Waals surface area (Å²) in [5.41, 5.74) is 2.92. The number of aromatic nitrogens is 2. The van der Waals surface area contributed by atoms with Gasteiger partial charge < -0.3 is 19.8 Å². The lowest BCUT2D eigenvalue weighted by molar-refractivity contribution is -0.111. The number of amides is 1. The van der Waals surface area contributed by atoms with Crippen LogP contribution in [0.3, 0.4) is 0 Å². The van der Waals surface area contributed by atoms with Crippen molar-refractivity contribution in [3.63, 3.8) is 0 Å². The maximum atomic E-state index is 13.2. The first-order valence-electron chi connectivity index (χ1n) is 9.14. The Hall–Kier alpha value is -3.10. The first kappa shape index (κ1) is 22.6. The normalized spacial score (nSPS) is 12.8. The Morgan fingerprint density at radius 1 is 1.19 bits per heavy atom. The van der Waals surface area contributed by atoms with Crippen molar-refractivity contribution in [3.05, 3.63) is 77.7 Å². The molecule has 0 aliphatic rings. The van der Waals surface area contributed by atoms with Gasteiger partial charge in [-0.3, -0.25) is 14.0 Å². The van der Waals surface area contributed by atoms with E-state index in [0.717, 1.165) is 11.3 Å². The lowest BCUT2D eigenvalue weighted by Gasteiger charge is -2.17. The number of hydrogen-bond acceptors (Lipinski definition) is 4. The summed E-state index contributed by atoms with van der Waals surface area (Å²) in [4.78, 5) is 30.9. The van der Waals surface area contributed by atoms with Crippen molar-refractivity contribution in [2.75, 3.05) is 12.4 Å². The number of anilines is 1. The summed E-state index contributed by atoms with van der Waals surface area (Å²) in [7, 11) is -1.50. The number of methoxy groups -OCH3 is 1. The summed E-state index contributed by atoms with van der Waals surface area (Å²) < 4.78 is 31.2. The van der Waals surface area contributed by atoms with Gasteiger partial charge in [-0.15, -0.1) is 0 Å². The average molecular weight is 445 g/mol. The molecule has 0 fully saturated rings. The molecule has 0 spiro atoms. The van der Waals surface area contributed by atoms with Crippen LogP contribution in [-0.4, -0.2) is 32.6 Å². The lowest BCUT2D eigenvalue weighted by Crippen LogP contribution is -2.08. The lowest BCUT2D eigenvalue weighted by atomic mass is 10.1. The second-order valence-corrected chi connectivity index (χ2v) is 8.35. The van der Waals surface area contributed by atoms with E-state index in [1.165, 1.54) is 49.6 Å². The summed E-state index contributed by atoms with van der Waals surface area (Å²) >= 11 is 0. The zero-order valence-electron chi connectivity index (χ0n) is 16.8. The molecule has 1 heterocycles. The molecule has 0 saturated heterocycles. The van der Waals surface area contributed by atoms with Crippen LogP contribution in [0.4, 0.5) is 10.1 Å². The number of benzene rings is 2. The number of nitrogens with one attached hydrogen (secondary N) is 1. The van der Waals surface area contributed by atoms with E-state index in [9.17, 15) is 23.5 Å². The maximum absolute atomic E-state index is 13.2. The molecule has 2 aromatic carbocycles. The van der Waals surface area contributed by atoms with E-state index < -0.39 is 19.3 Å². The van der Waals surface area contributed by atoms with Gasteiger partial charge in [0.2, 0.25) is 5.91 Å². The number of carbonyl (C=O) groups is 1. The van der Waals surface area contributed by atoms with E-state index in [1.54, 1.807) is 36.1 Å². The van der Waals surface area contributed by atoms with Gasteiger partial charge in [-0.2, -0.15) is 5.10 Å². The number of hydrogen-bond donors (Lipinski definition) is 3. The number of carbonyl (C=O) groups excluding carboxylic acids is 1. The summed E-state index contributed by atoms with van der Waals surface area (Å²) in [6, 6.07) is 12.0. The Bertz CT molecular complexity index is 1140. The second-order valence-electron chi connectivity index (χ2n) is 6.70. The molecule has 8 nitrogen and oxygen atoms in total. The average Bonchev–Trinajstić information content (AvgIpc) is 3.08. The van der Waals surface area contributed by atoms with Crippen molar-refractivity contribution in [1.82, 2.24) is 9.78 Å². The standard InChI is InChI=1S/C21H21FN3O5P/c1-25-20(14-3-8-17(22)9-4-14)16(13-23-25)7-12-19(26)24-18-10-5-15(6-11-18)21(30-2)31(27,28)29/h3-13,21H,1-2H3,(H,24,26)(H2,27,28,29)/b12-7+. The smallest absolute Gasteiger partial charge is 0.358 e. The van der Waals surface area contributed by atoms with Crippen molar-refractivity contribution < 1.29 is 28.3 Å². The number of nitrogens with zero attached hydrogens (tertiary/aromatic N) is 2. The molecule has 1 amide bonds. The predicted molar refractivity (Wildman–Crippen MR) is 115 cm³/mol. The van der Waals surface area contributed by atoms with Gasteiger partial charge in [0, 0.05) is 37.0 Å². The minimum atomic E-state index is -4.47. The molecule has 0 aliphatic heterocycles. The highest BCUT2D eigenvalue weighted by Crippen LogP contribution is 2.52. The fourth-order valence-electron chi connectivity index (χ4n) is 3.09. The first-order valence-corrected chi connectivity index (χ1v) is 10.8. The van der Waals surface area contributed by atoms with Crippen molar-refractivity contribution in [2.24, 2.45) is 7.05 Å². The van der Waals surface area contributed by atoms with Gasteiger partial charge in [-0.1, -0.05) is 12.1 Å². The fraction of sp³-hybridized carbons (Fsp3) is 0.143. The third-order valence-corrected chi connectivity index (χ3v) is 5.61. The van der Waals surface area contributed by atoms with Crippen LogP contribution in [0.1, 0.15) is 17.0 Å². The molecule has 1 atom stereocenters. The van der Waals surface area contributed by atoms with Crippen LogP contribution in [0.25, 0.3) is 17.3 Å². The van der Waals surface area contributed by atoms with Gasteiger partial charge >= 0.3 is 7.60 Å². The molecule has 0 saturated carbocycles. The van der Waals surface area contributed by atoms with Crippen LogP contribution in [0.2, 0.25) is 0 Å². The molecule has 10 heteroatoms. The predicted octanol–water partition coefficient (Wildman–Crippen LogP) is 3.70. The van der Waals surface area contributed by atoms with Crippen molar-refractivity contribution in [3.8, 4) is 11.3 Å². The van der Waals surface area contributed by atoms with E-state index in [-0.39, 0.29) is 5.82 Å². The zero-order valence-corrected chi connectivity index (χ0v) is 17.7. The van der Waals surface area contributed by atoms with E-state index in [2.05, 4.69) is 10.4 Å². The summed E-state index contributed by atoms with van der Waals surface area (Å²) in [5, 5.41) is 6.87. The minimum absolute atomic E-state index is 0.295. The number of rotatable bonds is 7. The Morgan fingerprint density at radius 2 is 1.84 bits per heavy atom. The molecular formula is C21H21FN3O5P. The van der Waals surface area contributed by atoms with Crippen LogP contribution in [-0.2, 0) is 21.1 Å². The molecule has 3 aromatic rings. The van der Waals surface area contributed by atoms with Crippen LogP contribution < -0.4 is 5.32 Å². The largest absolute Gasteiger partial charge is 0.364 e. The molecular weight excluding hydrogens is 424 g/mol. The van der Waals surface area contributed by atoms with Crippen LogP contribution in [0.5, 0.6) is 0 Å². The summed E-state index contributed by atoms with van der Waals surface area (Å²) in [5.74, 6) is -2.11. The molecule has 0 bridgehead atoms. The van der Waals surface area contributed by atoms with Gasteiger partial charge in [-0.25, -0.2) is 4.39 Å². The van der Waals surface area contributed by atoms with Crippen LogP contribution in [0, 0.1) is 5.82 Å². The van der Waals surface area contributed by atoms with E-state index in [1.807, 2.05) is 0 Å². The van der Waals surface area contributed by atoms with E-state index in [0.29, 0.717) is 16.8 Å². The zero-order chi connectivity index (χ0) is 22.6. The monoisotopic (exact) mass is 445 g/mol. The molecule has 0 radical (unpaired) electrons. The number of halogens is 1. The topological polar surface area (TPSA) is 114 Å². The molecule has 1 unspecified atom stereocenters. The van der Waals surface area contributed by atoms with Gasteiger partial charge in [0.25, 0.3) is 0 Å². The molecule has 31 heavy (non-hydrogen) atoms. The van der Waals surface area contributed by atoms with E-state index >= 15 is 0 Å². The van der Waals surface area contributed by atoms with Crippen LogP contribution >= 0.6 is 7.60 Å². The van der Waals surface area contributed by atoms with Gasteiger partial charge in [0.15, 0.2) is 5.85 Å². The maximum Gasteiger partial charge on any atom is 0.358 e. The minimum Gasteiger partial charge on any atom is -0.364 e. The van der Waals surface area contributed by atoms with Crippen molar-refractivity contribution in [1.29, 1.82) is 0 Å². The first-order chi connectivity index (χ1) is 14.7. The Kier molecular flexibility index (Phi) is 6.82. The van der Waals surface area contributed by atoms with E-state index in [4.69, 9.17) is 4.74 Å². The Morgan fingerprint density at radius 3 is 2.42 bits per heavy atom. The quantitative estimate of drug-likeness (QED) is 0.378. The van der Waals surface area contributed by atoms with Crippen molar-refractivity contribution in [2.45, 2.75) is 5.85 Å². The second kappa shape index (κ2) is 9.36. The van der Waals surface area contributed by atoms with Crippen LogP contribution in [0.15, 0.2) is 60.8 Å². The summed E-state index contributed by atoms with van der Waals surface area (Å²) in [6.45, 7) is 0. The highest BCUT2D eigenvalue weighted by atomic mass is 31.2. The SMILES string of the molecule is COC(c1ccc(NC(=O)/C=C/c2cnn(C)c2-c2ccc(F)cc2)cc1)P(=O)(O)O. The molecule has 0 aliphatic carbocycles. The molecule has 1 aromatic heterocycles. The highest BCUT2D eigenvalue weighted by Gasteiger charge is 2.30. The van der Waals surface area contributed by atoms with Crippen molar-refractivity contribution >= 4 is 25.3 Å². The molecule has 162 valence electrons. The van der Waals surface area contributed by atoms with Gasteiger partial charge in [-0.05, 0) is 48.0 Å².